The minimum atomic E-state index is 0.332. The van der Waals surface area contributed by atoms with E-state index in [1.807, 2.05) is 67.7 Å². The Balaban J connectivity index is 1.65. The zero-order valence-electron chi connectivity index (χ0n) is 17.0. The summed E-state index contributed by atoms with van der Waals surface area (Å²) in [4.78, 5) is 4.67. The number of ether oxygens (including phenoxy) is 2. The van der Waals surface area contributed by atoms with Gasteiger partial charge >= 0.3 is 0 Å². The summed E-state index contributed by atoms with van der Waals surface area (Å²) in [5.41, 5.74) is 2.62. The van der Waals surface area contributed by atoms with Gasteiger partial charge in [0, 0.05) is 27.4 Å². The highest BCUT2D eigenvalue weighted by molar-refractivity contribution is 6.35. The fraction of sp³-hybridized carbons (Fsp3) is 0.115. The van der Waals surface area contributed by atoms with Crippen LogP contribution in [0.2, 0.25) is 10.0 Å². The summed E-state index contributed by atoms with van der Waals surface area (Å²) in [6, 6.07) is 25.3. The summed E-state index contributed by atoms with van der Waals surface area (Å²) in [6.45, 7) is 2.93. The molecule has 0 heterocycles. The molecule has 0 spiro atoms. The number of benzene rings is 4. The van der Waals surface area contributed by atoms with E-state index in [0.29, 0.717) is 23.3 Å². The van der Waals surface area contributed by atoms with E-state index in [2.05, 4.69) is 17.1 Å². The number of rotatable bonds is 7. The normalized spacial score (nSPS) is 11.2. The Morgan fingerprint density at radius 1 is 0.871 bits per heavy atom. The first-order chi connectivity index (χ1) is 15.1. The molecule has 0 amide bonds. The van der Waals surface area contributed by atoms with Gasteiger partial charge in [-0.2, -0.15) is 0 Å². The predicted octanol–water partition coefficient (Wildman–Crippen LogP) is 7.87. The second kappa shape index (κ2) is 9.86. The van der Waals surface area contributed by atoms with Gasteiger partial charge in [-0.25, -0.2) is 0 Å². The molecule has 0 aliphatic rings. The van der Waals surface area contributed by atoms with Crippen LogP contribution in [0.4, 0.5) is 5.69 Å². The van der Waals surface area contributed by atoms with Crippen LogP contribution >= 0.6 is 23.2 Å². The molecule has 4 aromatic carbocycles. The number of aliphatic imine (C=N–C) groups is 1. The van der Waals surface area contributed by atoms with Crippen molar-refractivity contribution in [2.24, 2.45) is 4.99 Å². The number of nitrogens with zero attached hydrogens (tertiary/aromatic N) is 1. The third-order valence-corrected chi connectivity index (χ3v) is 5.41. The maximum atomic E-state index is 6.31. The van der Waals surface area contributed by atoms with Crippen LogP contribution in [0.15, 0.2) is 83.9 Å². The van der Waals surface area contributed by atoms with Crippen molar-refractivity contribution in [3.8, 4) is 11.5 Å². The van der Waals surface area contributed by atoms with Gasteiger partial charge in [0.1, 0.15) is 18.1 Å². The summed E-state index contributed by atoms with van der Waals surface area (Å²) in [5, 5.41) is 3.37. The van der Waals surface area contributed by atoms with Crippen molar-refractivity contribution in [2.75, 3.05) is 6.61 Å². The minimum Gasteiger partial charge on any atom is -0.494 e. The van der Waals surface area contributed by atoms with Gasteiger partial charge in [-0.1, -0.05) is 59.6 Å². The molecule has 0 N–H and O–H groups in total. The molecule has 0 aliphatic carbocycles. The van der Waals surface area contributed by atoms with Crippen LogP contribution in [0.1, 0.15) is 18.1 Å². The van der Waals surface area contributed by atoms with E-state index in [1.165, 1.54) is 0 Å². The molecule has 0 saturated carbocycles. The van der Waals surface area contributed by atoms with Crippen LogP contribution in [0.3, 0.4) is 0 Å². The second-order valence-electron chi connectivity index (χ2n) is 6.91. The molecule has 4 rings (SSSR count). The third kappa shape index (κ3) is 5.19. The Morgan fingerprint density at radius 3 is 2.45 bits per heavy atom. The van der Waals surface area contributed by atoms with Crippen molar-refractivity contribution in [1.29, 1.82) is 0 Å². The molecule has 5 heteroatoms. The van der Waals surface area contributed by atoms with Gasteiger partial charge in [0.05, 0.1) is 12.3 Å². The summed E-state index contributed by atoms with van der Waals surface area (Å²) in [7, 11) is 0. The average Bonchev–Trinajstić information content (AvgIpc) is 2.78. The topological polar surface area (TPSA) is 30.8 Å². The minimum absolute atomic E-state index is 0.332. The molecule has 0 bridgehead atoms. The van der Waals surface area contributed by atoms with Gasteiger partial charge in [0.2, 0.25) is 0 Å². The van der Waals surface area contributed by atoms with E-state index in [1.54, 1.807) is 12.1 Å². The Morgan fingerprint density at radius 2 is 1.68 bits per heavy atom. The van der Waals surface area contributed by atoms with E-state index in [0.717, 1.165) is 39.1 Å². The monoisotopic (exact) mass is 449 g/mol. The number of hydrogen-bond donors (Lipinski definition) is 0. The van der Waals surface area contributed by atoms with Crippen molar-refractivity contribution >= 4 is 45.9 Å². The lowest BCUT2D eigenvalue weighted by Crippen LogP contribution is -2.00. The van der Waals surface area contributed by atoms with Crippen LogP contribution in [0, 0.1) is 0 Å². The predicted molar refractivity (Wildman–Crippen MR) is 130 cm³/mol. The van der Waals surface area contributed by atoms with Crippen molar-refractivity contribution in [3.63, 3.8) is 0 Å². The zero-order chi connectivity index (χ0) is 21.6. The zero-order valence-corrected chi connectivity index (χ0v) is 18.5. The number of hydrogen-bond acceptors (Lipinski definition) is 3. The van der Waals surface area contributed by atoms with Crippen LogP contribution < -0.4 is 9.47 Å². The largest absolute Gasteiger partial charge is 0.494 e. The number of fused-ring (bicyclic) bond motifs is 1. The van der Waals surface area contributed by atoms with Gasteiger partial charge in [-0.15, -0.1) is 0 Å². The summed E-state index contributed by atoms with van der Waals surface area (Å²) >= 11 is 12.3. The fourth-order valence-electron chi connectivity index (χ4n) is 3.26. The quantitative estimate of drug-likeness (QED) is 0.268. The smallest absolute Gasteiger partial charge is 0.129 e. The Labute approximate surface area is 191 Å². The molecule has 0 fully saturated rings. The van der Waals surface area contributed by atoms with E-state index in [4.69, 9.17) is 32.7 Å². The first-order valence-corrected chi connectivity index (χ1v) is 10.7. The van der Waals surface area contributed by atoms with E-state index in [9.17, 15) is 0 Å². The highest BCUT2D eigenvalue weighted by Gasteiger charge is 2.09. The molecule has 4 aromatic rings. The molecular formula is C26H21Cl2NO2. The molecular weight excluding hydrogens is 429 g/mol. The maximum absolute atomic E-state index is 6.31. The van der Waals surface area contributed by atoms with Crippen molar-refractivity contribution < 1.29 is 9.47 Å². The molecule has 0 saturated heterocycles. The van der Waals surface area contributed by atoms with Gasteiger partial charge in [-0.05, 0) is 60.2 Å². The lowest BCUT2D eigenvalue weighted by Gasteiger charge is -2.13. The maximum Gasteiger partial charge on any atom is 0.129 e. The first-order valence-electron chi connectivity index (χ1n) is 9.99. The highest BCUT2D eigenvalue weighted by atomic mass is 35.5. The molecule has 31 heavy (non-hydrogen) atoms. The van der Waals surface area contributed by atoms with E-state index in [-0.39, 0.29) is 0 Å². The van der Waals surface area contributed by atoms with E-state index < -0.39 is 0 Å². The lowest BCUT2D eigenvalue weighted by atomic mass is 10.0. The average molecular weight is 450 g/mol. The van der Waals surface area contributed by atoms with E-state index >= 15 is 0 Å². The molecule has 0 atom stereocenters. The Hall–Kier alpha value is -3.01. The summed E-state index contributed by atoms with van der Waals surface area (Å²) in [5.74, 6) is 1.56. The summed E-state index contributed by atoms with van der Waals surface area (Å²) in [6.07, 6.45) is 1.84. The van der Waals surface area contributed by atoms with Gasteiger partial charge in [0.25, 0.3) is 0 Å². The van der Waals surface area contributed by atoms with Crippen LogP contribution in [-0.2, 0) is 6.61 Å². The molecule has 0 aromatic heterocycles. The van der Waals surface area contributed by atoms with Crippen LogP contribution in [0.25, 0.3) is 10.8 Å². The molecule has 0 radical (unpaired) electrons. The van der Waals surface area contributed by atoms with Gasteiger partial charge in [-0.3, -0.25) is 4.99 Å². The lowest BCUT2D eigenvalue weighted by molar-refractivity contribution is 0.306. The Bertz CT molecular complexity index is 1220. The standard InChI is InChI=1S/C26H21Cl2NO2/c1-2-30-22-12-10-21(11-13-22)29-16-24-23-6-4-3-5-18(23)8-14-26(24)31-17-19-7-9-20(27)15-25(19)28/h3-16H,2,17H2,1H3. The highest BCUT2D eigenvalue weighted by Crippen LogP contribution is 2.29. The molecule has 3 nitrogen and oxygen atoms in total. The van der Waals surface area contributed by atoms with Crippen molar-refractivity contribution in [2.45, 2.75) is 13.5 Å². The number of halogens is 2. The van der Waals surface area contributed by atoms with Crippen molar-refractivity contribution in [1.82, 2.24) is 0 Å². The van der Waals surface area contributed by atoms with Crippen LogP contribution in [0.5, 0.6) is 11.5 Å². The van der Waals surface area contributed by atoms with Crippen LogP contribution in [-0.4, -0.2) is 12.8 Å². The molecule has 156 valence electrons. The second-order valence-corrected chi connectivity index (χ2v) is 7.75. The molecule has 0 aliphatic heterocycles. The van der Waals surface area contributed by atoms with Crippen molar-refractivity contribution in [3.05, 3.63) is 100 Å². The first kappa shape index (κ1) is 21.2. The molecule has 0 unspecified atom stereocenters. The third-order valence-electron chi connectivity index (χ3n) is 4.82. The SMILES string of the molecule is CCOc1ccc(N=Cc2c(OCc3ccc(Cl)cc3Cl)ccc3ccccc23)cc1. The fourth-order valence-corrected chi connectivity index (χ4v) is 3.73. The van der Waals surface area contributed by atoms with Gasteiger partial charge in [0.15, 0.2) is 0 Å². The van der Waals surface area contributed by atoms with Gasteiger partial charge < -0.3 is 9.47 Å². The summed E-state index contributed by atoms with van der Waals surface area (Å²) < 4.78 is 11.7. The Kier molecular flexibility index (Phi) is 6.76.